The van der Waals surface area contributed by atoms with E-state index in [1.165, 1.54) is 0 Å². The molecule has 0 fully saturated rings. The third-order valence-electron chi connectivity index (χ3n) is 6.17. The SMILES string of the molecule is CCOC(=O)CCCOc1ccccc1C(=O)Nc1ccc(OC(C)(CC(C)C)c2ccccc2)c(C)c1. The first-order valence-corrected chi connectivity index (χ1v) is 13.3. The molecule has 0 aromatic heterocycles. The van der Waals surface area contributed by atoms with Gasteiger partial charge in [-0.3, -0.25) is 9.59 Å². The maximum absolute atomic E-state index is 13.1. The normalized spacial score (nSPS) is 12.5. The number of carbonyl (C=O) groups excluding carboxylic acids is 2. The zero-order valence-electron chi connectivity index (χ0n) is 23.1. The number of esters is 1. The first-order valence-electron chi connectivity index (χ1n) is 13.3. The molecule has 3 aromatic carbocycles. The standard InChI is InChI=1S/C32H39NO5/c1-6-36-30(34)17-12-20-37-29-16-11-10-15-27(29)31(35)33-26-18-19-28(24(4)21-26)38-32(5,22-23(2)3)25-13-8-7-9-14-25/h7-11,13-16,18-19,21,23H,6,12,17,20,22H2,1-5H3,(H,33,35). The number of rotatable bonds is 13. The molecule has 1 atom stereocenters. The van der Waals surface area contributed by atoms with Gasteiger partial charge < -0.3 is 19.5 Å². The van der Waals surface area contributed by atoms with Crippen LogP contribution in [0.15, 0.2) is 72.8 Å². The number of anilines is 1. The van der Waals surface area contributed by atoms with Crippen LogP contribution >= 0.6 is 0 Å². The van der Waals surface area contributed by atoms with Gasteiger partial charge in [-0.2, -0.15) is 0 Å². The average molecular weight is 518 g/mol. The van der Waals surface area contributed by atoms with Gasteiger partial charge in [-0.15, -0.1) is 0 Å². The summed E-state index contributed by atoms with van der Waals surface area (Å²) >= 11 is 0. The van der Waals surface area contributed by atoms with Crippen LogP contribution in [0.3, 0.4) is 0 Å². The monoisotopic (exact) mass is 517 g/mol. The Kier molecular flexibility index (Phi) is 10.3. The molecule has 3 aromatic rings. The van der Waals surface area contributed by atoms with Gasteiger partial charge in [-0.25, -0.2) is 0 Å². The van der Waals surface area contributed by atoms with Crippen LogP contribution in [0.25, 0.3) is 0 Å². The third kappa shape index (κ3) is 8.10. The molecule has 1 unspecified atom stereocenters. The molecule has 3 rings (SSSR count). The molecule has 0 radical (unpaired) electrons. The Morgan fingerprint density at radius 1 is 0.947 bits per heavy atom. The van der Waals surface area contributed by atoms with E-state index in [9.17, 15) is 9.59 Å². The molecule has 0 aliphatic rings. The molecule has 1 N–H and O–H groups in total. The van der Waals surface area contributed by atoms with E-state index in [2.05, 4.69) is 38.2 Å². The largest absolute Gasteiger partial charge is 0.493 e. The topological polar surface area (TPSA) is 73.9 Å². The molecule has 0 aliphatic carbocycles. The Balaban J connectivity index is 1.69. The van der Waals surface area contributed by atoms with E-state index < -0.39 is 5.60 Å². The summed E-state index contributed by atoms with van der Waals surface area (Å²) in [7, 11) is 0. The van der Waals surface area contributed by atoms with E-state index in [0.29, 0.717) is 42.6 Å². The summed E-state index contributed by atoms with van der Waals surface area (Å²) in [5.74, 6) is 1.18. The Hall–Kier alpha value is -3.80. The Morgan fingerprint density at radius 2 is 1.66 bits per heavy atom. The first-order chi connectivity index (χ1) is 18.2. The summed E-state index contributed by atoms with van der Waals surface area (Å²) in [6.07, 6.45) is 1.65. The average Bonchev–Trinajstić information content (AvgIpc) is 2.89. The molecule has 6 nitrogen and oxygen atoms in total. The molecule has 38 heavy (non-hydrogen) atoms. The molecular weight excluding hydrogens is 478 g/mol. The van der Waals surface area contributed by atoms with Crippen LogP contribution in [0.4, 0.5) is 5.69 Å². The summed E-state index contributed by atoms with van der Waals surface area (Å²) in [4.78, 5) is 24.6. The molecule has 1 amide bonds. The van der Waals surface area contributed by atoms with Gasteiger partial charge in [0.2, 0.25) is 0 Å². The maximum Gasteiger partial charge on any atom is 0.305 e. The zero-order chi connectivity index (χ0) is 27.5. The number of benzene rings is 3. The van der Waals surface area contributed by atoms with E-state index in [0.717, 1.165) is 23.3 Å². The highest BCUT2D eigenvalue weighted by atomic mass is 16.5. The predicted molar refractivity (Wildman–Crippen MR) is 151 cm³/mol. The maximum atomic E-state index is 13.1. The molecule has 0 saturated heterocycles. The van der Waals surface area contributed by atoms with Crippen LogP contribution in [0, 0.1) is 12.8 Å². The van der Waals surface area contributed by atoms with E-state index in [1.54, 1.807) is 25.1 Å². The fourth-order valence-corrected chi connectivity index (χ4v) is 4.48. The van der Waals surface area contributed by atoms with Crippen LogP contribution in [0.2, 0.25) is 0 Å². The number of aryl methyl sites for hydroxylation is 1. The second-order valence-electron chi connectivity index (χ2n) is 9.98. The fourth-order valence-electron chi connectivity index (χ4n) is 4.48. The van der Waals surface area contributed by atoms with Crippen molar-refractivity contribution >= 4 is 17.6 Å². The number of nitrogens with one attached hydrogen (secondary N) is 1. The minimum Gasteiger partial charge on any atom is -0.493 e. The minimum absolute atomic E-state index is 0.252. The van der Waals surface area contributed by atoms with Gasteiger partial charge in [0.25, 0.3) is 5.91 Å². The Bertz CT molecular complexity index is 1210. The predicted octanol–water partition coefficient (Wildman–Crippen LogP) is 7.31. The second kappa shape index (κ2) is 13.7. The first kappa shape index (κ1) is 28.8. The fraction of sp³-hybridized carbons (Fsp3) is 0.375. The summed E-state index contributed by atoms with van der Waals surface area (Å²) in [6.45, 7) is 10.9. The Labute approximate surface area is 226 Å². The van der Waals surface area contributed by atoms with Crippen molar-refractivity contribution in [1.29, 1.82) is 0 Å². The minimum atomic E-state index is -0.478. The quantitative estimate of drug-likeness (QED) is 0.190. The smallest absolute Gasteiger partial charge is 0.305 e. The number of ether oxygens (including phenoxy) is 3. The number of para-hydroxylation sites is 1. The van der Waals surface area contributed by atoms with E-state index in [4.69, 9.17) is 14.2 Å². The van der Waals surface area contributed by atoms with E-state index >= 15 is 0 Å². The van der Waals surface area contributed by atoms with Crippen LogP contribution in [-0.2, 0) is 15.1 Å². The van der Waals surface area contributed by atoms with E-state index in [1.807, 2.05) is 49.4 Å². The number of hydrogen-bond acceptors (Lipinski definition) is 5. The van der Waals surface area contributed by atoms with Crippen LogP contribution < -0.4 is 14.8 Å². The van der Waals surface area contributed by atoms with Crippen molar-refractivity contribution < 1.29 is 23.8 Å². The zero-order valence-corrected chi connectivity index (χ0v) is 23.1. The molecular formula is C32H39NO5. The number of hydrogen-bond donors (Lipinski definition) is 1. The molecule has 0 bridgehead atoms. The second-order valence-corrected chi connectivity index (χ2v) is 9.98. The van der Waals surface area contributed by atoms with Crippen molar-refractivity contribution in [3.63, 3.8) is 0 Å². The van der Waals surface area contributed by atoms with Gasteiger partial charge in [-0.05, 0) is 81.0 Å². The highest BCUT2D eigenvalue weighted by Gasteiger charge is 2.30. The lowest BCUT2D eigenvalue weighted by Gasteiger charge is -2.33. The molecule has 202 valence electrons. The van der Waals surface area contributed by atoms with Gasteiger partial charge in [0.05, 0.1) is 18.8 Å². The van der Waals surface area contributed by atoms with Gasteiger partial charge in [-0.1, -0.05) is 56.3 Å². The van der Waals surface area contributed by atoms with Crippen molar-refractivity contribution in [3.05, 3.63) is 89.5 Å². The van der Waals surface area contributed by atoms with Crippen molar-refractivity contribution in [1.82, 2.24) is 0 Å². The Morgan fingerprint density at radius 3 is 2.34 bits per heavy atom. The molecule has 0 spiro atoms. The van der Waals surface area contributed by atoms with Gasteiger partial charge in [0.15, 0.2) is 0 Å². The van der Waals surface area contributed by atoms with Gasteiger partial charge in [0.1, 0.15) is 17.1 Å². The summed E-state index contributed by atoms with van der Waals surface area (Å²) in [5.41, 5.74) is 2.67. The highest BCUT2D eigenvalue weighted by molar-refractivity contribution is 6.06. The lowest BCUT2D eigenvalue weighted by Crippen LogP contribution is -2.31. The number of carbonyl (C=O) groups is 2. The van der Waals surface area contributed by atoms with Crippen molar-refractivity contribution in [3.8, 4) is 11.5 Å². The van der Waals surface area contributed by atoms with Gasteiger partial charge >= 0.3 is 5.97 Å². The molecule has 0 heterocycles. The number of amides is 1. The summed E-state index contributed by atoms with van der Waals surface area (Å²) < 4.78 is 17.4. The van der Waals surface area contributed by atoms with Crippen molar-refractivity contribution in [2.24, 2.45) is 5.92 Å². The summed E-state index contributed by atoms with van der Waals surface area (Å²) in [5, 5.41) is 2.97. The third-order valence-corrected chi connectivity index (χ3v) is 6.17. The van der Waals surface area contributed by atoms with Crippen LogP contribution in [-0.4, -0.2) is 25.1 Å². The molecule has 0 aliphatic heterocycles. The highest BCUT2D eigenvalue weighted by Crippen LogP contribution is 2.36. The van der Waals surface area contributed by atoms with Crippen LogP contribution in [0.5, 0.6) is 11.5 Å². The van der Waals surface area contributed by atoms with Crippen LogP contribution in [0.1, 0.15) is 68.4 Å². The molecule has 0 saturated carbocycles. The summed E-state index contributed by atoms with van der Waals surface area (Å²) in [6, 6.07) is 23.0. The lowest BCUT2D eigenvalue weighted by molar-refractivity contribution is -0.143. The van der Waals surface area contributed by atoms with Gasteiger partial charge in [0, 0.05) is 12.1 Å². The molecule has 6 heteroatoms. The van der Waals surface area contributed by atoms with Crippen molar-refractivity contribution in [2.45, 2.75) is 59.5 Å². The van der Waals surface area contributed by atoms with Crippen molar-refractivity contribution in [2.75, 3.05) is 18.5 Å². The lowest BCUT2D eigenvalue weighted by atomic mass is 9.87. The van der Waals surface area contributed by atoms with E-state index in [-0.39, 0.29) is 18.3 Å².